The summed E-state index contributed by atoms with van der Waals surface area (Å²) in [6.07, 6.45) is -2.53. The molecule has 0 heterocycles. The molecule has 0 rings (SSSR count). The molecule has 0 aliphatic heterocycles. The van der Waals surface area contributed by atoms with Crippen molar-refractivity contribution in [3.8, 4) is 0 Å². The van der Waals surface area contributed by atoms with Crippen molar-refractivity contribution < 1.29 is 30.6 Å². The van der Waals surface area contributed by atoms with Gasteiger partial charge in [0.1, 0.15) is 0 Å². The minimum Gasteiger partial charge on any atom is -0.398 e. The third-order valence-electron chi connectivity index (χ3n) is 2.35. The Morgan fingerprint density at radius 2 is 0.733 bits per heavy atom. The van der Waals surface area contributed by atoms with Crippen LogP contribution in [0, 0.1) is 0 Å². The van der Waals surface area contributed by atoms with Gasteiger partial charge in [-0.2, -0.15) is 0 Å². The molecule has 0 saturated heterocycles. The topological polar surface area (TPSA) is 133 Å². The molecule has 0 fully saturated rings. The van der Waals surface area contributed by atoms with E-state index < -0.39 is 53.9 Å². The van der Waals surface area contributed by atoms with Crippen LogP contribution in [-0.2, 0) is 0 Å². The average molecular weight is 257 g/mol. The molecule has 0 amide bonds. The first-order chi connectivity index (χ1) is 7.07. The highest BCUT2D eigenvalue weighted by Gasteiger charge is 2.42. The van der Waals surface area contributed by atoms with E-state index in [0.717, 1.165) is 0 Å². The number of rotatable bonds is 8. The molecule has 92 valence electrons. The van der Waals surface area contributed by atoms with Crippen LogP contribution in [0.2, 0.25) is 0 Å². The highest BCUT2D eigenvalue weighted by Crippen LogP contribution is 2.03. The molecular weight excluding hydrogens is 238 g/mol. The normalized spacial score (nSPS) is 13.2. The summed E-state index contributed by atoms with van der Waals surface area (Å²) < 4.78 is 2.76. The molecule has 0 bridgehead atoms. The maximum Gasteiger partial charge on any atom is 0.197 e. The van der Waals surface area contributed by atoms with Crippen LogP contribution in [-0.4, -0.2) is 84.5 Å². The van der Waals surface area contributed by atoms with Crippen LogP contribution in [0.3, 0.4) is 0 Å². The van der Waals surface area contributed by atoms with Crippen molar-refractivity contribution >= 4 is 16.5 Å². The van der Waals surface area contributed by atoms with E-state index in [1.54, 1.807) is 0 Å². The Balaban J connectivity index is 4.74. The minimum atomic E-state index is -2.92. The Morgan fingerprint density at radius 1 is 0.533 bits per heavy atom. The number of aliphatic hydroxyl groups excluding tert-OH is 6. The molecular formula is C6H19NO6Si2. The van der Waals surface area contributed by atoms with Gasteiger partial charge in [0.15, 0.2) is 16.5 Å². The maximum absolute atomic E-state index is 9.08. The predicted octanol–water partition coefficient (Wildman–Crippen LogP) is -4.34. The average Bonchev–Trinajstić information content (AvgIpc) is 2.33. The summed E-state index contributed by atoms with van der Waals surface area (Å²) in [4.78, 5) is 0. The van der Waals surface area contributed by atoms with Crippen molar-refractivity contribution in [1.29, 1.82) is 0 Å². The summed E-state index contributed by atoms with van der Waals surface area (Å²) in [7, 11) is -5.83. The summed E-state index contributed by atoms with van der Waals surface area (Å²) in [5.41, 5.74) is 0. The molecule has 0 atom stereocenters. The highest BCUT2D eigenvalue weighted by molar-refractivity contribution is 6.93. The Labute approximate surface area is 89.8 Å². The third kappa shape index (κ3) is 3.58. The minimum absolute atomic E-state index is 0.422. The fourth-order valence-electron chi connectivity index (χ4n) is 1.10. The number of hydrogen-bond acceptors (Lipinski definition) is 7. The van der Waals surface area contributed by atoms with Crippen molar-refractivity contribution in [3.63, 3.8) is 0 Å². The molecule has 0 saturated carbocycles. The Morgan fingerprint density at radius 3 is 0.867 bits per heavy atom. The zero-order valence-corrected chi connectivity index (χ0v) is 10.4. The van der Waals surface area contributed by atoms with Crippen molar-refractivity contribution in [2.24, 2.45) is 0 Å². The van der Waals surface area contributed by atoms with E-state index >= 15 is 0 Å². The molecule has 7 nitrogen and oxygen atoms in total. The molecule has 7 N–H and O–H groups in total. The molecule has 0 aromatic heterocycles. The molecule has 0 spiro atoms. The molecule has 0 aromatic rings. The second kappa shape index (κ2) is 6.68. The number of hydrogen-bond donors (Lipinski definition) is 7. The fourth-order valence-corrected chi connectivity index (χ4v) is 8.10. The van der Waals surface area contributed by atoms with Gasteiger partial charge < -0.3 is 35.3 Å². The first-order valence-electron chi connectivity index (χ1n) is 4.52. The maximum atomic E-state index is 9.08. The van der Waals surface area contributed by atoms with Crippen LogP contribution >= 0.6 is 0 Å². The van der Waals surface area contributed by atoms with Gasteiger partial charge in [-0.05, 0) is 0 Å². The first kappa shape index (κ1) is 15.2. The standard InChI is InChI=1S/C6H19NO6Si2/c8-1-14(2-9,3-10)7-15(4-11,5-12)6-13/h7-13H,1-6H2. The van der Waals surface area contributed by atoms with E-state index in [9.17, 15) is 0 Å². The Kier molecular flexibility index (Phi) is 6.74. The van der Waals surface area contributed by atoms with Crippen LogP contribution in [0.15, 0.2) is 0 Å². The largest absolute Gasteiger partial charge is 0.398 e. The van der Waals surface area contributed by atoms with Crippen LogP contribution in [0.4, 0.5) is 0 Å². The smallest absolute Gasteiger partial charge is 0.197 e. The summed E-state index contributed by atoms with van der Waals surface area (Å²) in [5, 5.41) is 54.5. The van der Waals surface area contributed by atoms with Crippen molar-refractivity contribution in [2.45, 2.75) is 0 Å². The lowest BCUT2D eigenvalue weighted by molar-refractivity contribution is 0.271. The SMILES string of the molecule is OC[Si](CO)(CO)N[Si](CO)(CO)CO. The predicted molar refractivity (Wildman–Crippen MR) is 57.2 cm³/mol. The molecule has 0 aliphatic carbocycles. The zero-order valence-electron chi connectivity index (χ0n) is 8.43. The summed E-state index contributed by atoms with van der Waals surface area (Å²) >= 11 is 0. The van der Waals surface area contributed by atoms with Gasteiger partial charge >= 0.3 is 0 Å². The summed E-state index contributed by atoms with van der Waals surface area (Å²) in [5.74, 6) is 0. The number of aliphatic hydroxyl groups is 6. The van der Waals surface area contributed by atoms with Crippen molar-refractivity contribution in [3.05, 3.63) is 0 Å². The molecule has 0 aromatic carbocycles. The molecule has 9 heteroatoms. The van der Waals surface area contributed by atoms with E-state index in [2.05, 4.69) is 4.65 Å². The molecule has 0 unspecified atom stereocenters. The first-order valence-corrected chi connectivity index (χ1v) is 9.76. The van der Waals surface area contributed by atoms with E-state index in [1.807, 2.05) is 0 Å². The summed E-state index contributed by atoms with van der Waals surface area (Å²) in [6.45, 7) is 0. The van der Waals surface area contributed by atoms with Crippen molar-refractivity contribution in [2.75, 3.05) is 37.4 Å². The van der Waals surface area contributed by atoms with Crippen LogP contribution < -0.4 is 4.65 Å². The second-order valence-corrected chi connectivity index (χ2v) is 11.7. The molecule has 0 aliphatic rings. The third-order valence-corrected chi connectivity index (χ3v) is 10.2. The van der Waals surface area contributed by atoms with Gasteiger partial charge in [0, 0.05) is 0 Å². The van der Waals surface area contributed by atoms with E-state index in [4.69, 9.17) is 30.6 Å². The van der Waals surface area contributed by atoms with Gasteiger partial charge in [-0.3, -0.25) is 0 Å². The quantitative estimate of drug-likeness (QED) is 0.219. The molecule has 15 heavy (non-hydrogen) atoms. The van der Waals surface area contributed by atoms with E-state index in [0.29, 0.717) is 0 Å². The van der Waals surface area contributed by atoms with Gasteiger partial charge in [-0.15, -0.1) is 0 Å². The van der Waals surface area contributed by atoms with Crippen LogP contribution in [0.25, 0.3) is 0 Å². The lowest BCUT2D eigenvalue weighted by Gasteiger charge is -2.36. The zero-order chi connectivity index (χ0) is 11.9. The fraction of sp³-hybridized carbons (Fsp3) is 1.00. The Hall–Kier alpha value is 0.154. The Bertz CT molecular complexity index is 140. The van der Waals surface area contributed by atoms with E-state index in [1.165, 1.54) is 0 Å². The molecule has 0 radical (unpaired) electrons. The van der Waals surface area contributed by atoms with Gasteiger partial charge in [0.25, 0.3) is 0 Å². The highest BCUT2D eigenvalue weighted by atomic mass is 28.4. The van der Waals surface area contributed by atoms with Crippen LogP contribution in [0.5, 0.6) is 0 Å². The number of nitrogens with one attached hydrogen (secondary N) is 1. The van der Waals surface area contributed by atoms with Gasteiger partial charge in [0.05, 0.1) is 37.4 Å². The second-order valence-electron chi connectivity index (χ2n) is 3.63. The lowest BCUT2D eigenvalue weighted by Crippen LogP contribution is -2.75. The summed E-state index contributed by atoms with van der Waals surface area (Å²) in [6, 6.07) is 0. The van der Waals surface area contributed by atoms with E-state index in [-0.39, 0.29) is 0 Å². The monoisotopic (exact) mass is 257 g/mol. The van der Waals surface area contributed by atoms with Crippen molar-refractivity contribution in [1.82, 2.24) is 4.65 Å². The van der Waals surface area contributed by atoms with Gasteiger partial charge in [0.2, 0.25) is 0 Å². The van der Waals surface area contributed by atoms with Gasteiger partial charge in [-0.1, -0.05) is 0 Å². The lowest BCUT2D eigenvalue weighted by atomic mass is 11.6. The van der Waals surface area contributed by atoms with Crippen LogP contribution in [0.1, 0.15) is 0 Å². The van der Waals surface area contributed by atoms with Gasteiger partial charge in [-0.25, -0.2) is 0 Å².